The second-order valence-corrected chi connectivity index (χ2v) is 5.62. The monoisotopic (exact) mass is 352 g/mol. The van der Waals surface area contributed by atoms with Crippen LogP contribution in [0.1, 0.15) is 20.9 Å². The van der Waals surface area contributed by atoms with Crippen molar-refractivity contribution in [2.24, 2.45) is 0 Å². The maximum atomic E-state index is 12.5. The number of carbonyl (C=O) groups excluding carboxylic acids is 2. The minimum Gasteiger partial charge on any atom is -0.451 e. The molecular formula is C19H13ClN2O3. The molecule has 0 atom stereocenters. The maximum Gasteiger partial charge on any atom is 0.291 e. The summed E-state index contributed by atoms with van der Waals surface area (Å²) in [5, 5.41) is 6.52. The molecule has 2 aromatic carbocycles. The van der Waals surface area contributed by atoms with Gasteiger partial charge in [0, 0.05) is 10.4 Å². The van der Waals surface area contributed by atoms with Gasteiger partial charge in [-0.2, -0.15) is 0 Å². The van der Waals surface area contributed by atoms with Gasteiger partial charge in [0.05, 0.1) is 17.8 Å². The lowest BCUT2D eigenvalue weighted by atomic mass is 10.1. The molecular weight excluding hydrogens is 340 g/mol. The summed E-state index contributed by atoms with van der Waals surface area (Å²) < 4.78 is 5.52. The highest BCUT2D eigenvalue weighted by atomic mass is 35.5. The van der Waals surface area contributed by atoms with Crippen LogP contribution in [0.5, 0.6) is 0 Å². The Balaban J connectivity index is 1.85. The van der Waals surface area contributed by atoms with Crippen LogP contribution in [-0.4, -0.2) is 18.4 Å². The summed E-state index contributed by atoms with van der Waals surface area (Å²) in [6, 6.07) is 13.3. The van der Waals surface area contributed by atoms with Crippen LogP contribution in [0.15, 0.2) is 52.9 Å². The number of anilines is 1. The van der Waals surface area contributed by atoms with Crippen LogP contribution in [0.25, 0.3) is 11.0 Å². The lowest BCUT2D eigenvalue weighted by Gasteiger charge is -2.09. The van der Waals surface area contributed by atoms with Crippen LogP contribution in [0.3, 0.4) is 0 Å². The second kappa shape index (κ2) is 7.12. The van der Waals surface area contributed by atoms with Gasteiger partial charge in [0.25, 0.3) is 11.8 Å². The van der Waals surface area contributed by atoms with Gasteiger partial charge in [0.2, 0.25) is 0 Å². The van der Waals surface area contributed by atoms with Gasteiger partial charge in [-0.1, -0.05) is 29.7 Å². The normalized spacial score (nSPS) is 10.2. The van der Waals surface area contributed by atoms with Crippen LogP contribution in [-0.2, 0) is 0 Å². The van der Waals surface area contributed by atoms with Crippen molar-refractivity contribution in [3.63, 3.8) is 0 Å². The van der Waals surface area contributed by atoms with Gasteiger partial charge in [-0.3, -0.25) is 9.59 Å². The van der Waals surface area contributed by atoms with Gasteiger partial charge < -0.3 is 15.1 Å². The second-order valence-electron chi connectivity index (χ2n) is 5.18. The number of hydrogen-bond acceptors (Lipinski definition) is 3. The number of nitrogens with one attached hydrogen (secondary N) is 2. The molecule has 0 unspecified atom stereocenters. The minimum absolute atomic E-state index is 0.103. The van der Waals surface area contributed by atoms with E-state index in [1.807, 2.05) is 0 Å². The lowest BCUT2D eigenvalue weighted by molar-refractivity contribution is 0.0959. The number of hydrogen-bond donors (Lipinski definition) is 2. The fraction of sp³-hybridized carbons (Fsp3) is 0.0526. The van der Waals surface area contributed by atoms with Crippen molar-refractivity contribution in [2.45, 2.75) is 0 Å². The van der Waals surface area contributed by atoms with Crippen molar-refractivity contribution in [3.8, 4) is 12.3 Å². The lowest BCUT2D eigenvalue weighted by Crippen LogP contribution is -2.25. The predicted octanol–water partition coefficient (Wildman–Crippen LogP) is 3.70. The highest BCUT2D eigenvalue weighted by molar-refractivity contribution is 6.31. The van der Waals surface area contributed by atoms with Gasteiger partial charge in [-0.05, 0) is 36.4 Å². The third-order valence-corrected chi connectivity index (χ3v) is 3.71. The first-order valence-corrected chi connectivity index (χ1v) is 7.77. The van der Waals surface area contributed by atoms with E-state index in [9.17, 15) is 9.59 Å². The van der Waals surface area contributed by atoms with Crippen LogP contribution >= 0.6 is 11.6 Å². The van der Waals surface area contributed by atoms with E-state index in [1.165, 1.54) is 0 Å². The molecule has 0 aliphatic rings. The van der Waals surface area contributed by atoms with E-state index < -0.39 is 5.91 Å². The number of furan rings is 1. The van der Waals surface area contributed by atoms with Gasteiger partial charge in [-0.15, -0.1) is 6.42 Å². The van der Waals surface area contributed by atoms with E-state index in [0.717, 1.165) is 5.39 Å². The molecule has 2 N–H and O–H groups in total. The summed E-state index contributed by atoms with van der Waals surface area (Å²) in [5.41, 5.74) is 1.22. The number of terminal acetylenes is 1. The Hall–Kier alpha value is -3.23. The number of fused-ring (bicyclic) bond motifs is 1. The van der Waals surface area contributed by atoms with Gasteiger partial charge >= 0.3 is 0 Å². The molecule has 0 saturated carbocycles. The molecule has 3 rings (SSSR count). The molecule has 1 heterocycles. The van der Waals surface area contributed by atoms with Crippen molar-refractivity contribution in [3.05, 3.63) is 64.9 Å². The van der Waals surface area contributed by atoms with E-state index in [4.69, 9.17) is 22.4 Å². The Labute approximate surface area is 149 Å². The number of halogens is 1. The molecule has 0 spiro atoms. The quantitative estimate of drug-likeness (QED) is 0.703. The van der Waals surface area contributed by atoms with Crippen molar-refractivity contribution in [1.82, 2.24) is 5.32 Å². The summed E-state index contributed by atoms with van der Waals surface area (Å²) in [6.07, 6.45) is 5.14. The molecule has 5 nitrogen and oxygen atoms in total. The van der Waals surface area contributed by atoms with E-state index in [1.54, 1.807) is 48.5 Å². The smallest absolute Gasteiger partial charge is 0.291 e. The molecule has 124 valence electrons. The van der Waals surface area contributed by atoms with Gasteiger partial charge in [0.1, 0.15) is 5.58 Å². The molecule has 0 fully saturated rings. The first kappa shape index (κ1) is 16.6. The highest BCUT2D eigenvalue weighted by Gasteiger charge is 2.16. The molecule has 6 heteroatoms. The average Bonchev–Trinajstić information content (AvgIpc) is 3.03. The van der Waals surface area contributed by atoms with Crippen LogP contribution in [0, 0.1) is 12.3 Å². The van der Waals surface area contributed by atoms with Gasteiger partial charge in [-0.25, -0.2) is 0 Å². The van der Waals surface area contributed by atoms with E-state index in [2.05, 4.69) is 16.6 Å². The third kappa shape index (κ3) is 3.65. The Kier molecular flexibility index (Phi) is 4.73. The molecule has 0 aliphatic carbocycles. The minimum atomic E-state index is -0.468. The molecule has 2 amide bonds. The number of carbonyl (C=O) groups is 2. The molecule has 25 heavy (non-hydrogen) atoms. The maximum absolute atomic E-state index is 12.5. The fourth-order valence-electron chi connectivity index (χ4n) is 2.33. The molecule has 3 aromatic rings. The SMILES string of the molecule is C#CCNC(=O)c1ccccc1NC(=O)c1cc2cc(Cl)ccc2o1. The Morgan fingerprint density at radius 1 is 1.12 bits per heavy atom. The van der Waals surface area contributed by atoms with E-state index in [0.29, 0.717) is 21.9 Å². The van der Waals surface area contributed by atoms with Crippen molar-refractivity contribution in [1.29, 1.82) is 0 Å². The fourth-order valence-corrected chi connectivity index (χ4v) is 2.51. The average molecular weight is 353 g/mol. The first-order valence-electron chi connectivity index (χ1n) is 7.39. The summed E-state index contributed by atoms with van der Waals surface area (Å²) in [7, 11) is 0. The summed E-state index contributed by atoms with van der Waals surface area (Å²) in [6.45, 7) is 0.103. The summed E-state index contributed by atoms with van der Waals surface area (Å²) in [5.74, 6) is 1.61. The van der Waals surface area contributed by atoms with Gasteiger partial charge in [0.15, 0.2) is 5.76 Å². The molecule has 0 aliphatic heterocycles. The molecule has 0 saturated heterocycles. The topological polar surface area (TPSA) is 71.3 Å². The van der Waals surface area contributed by atoms with Crippen LogP contribution in [0.2, 0.25) is 5.02 Å². The standard InChI is InChI=1S/C19H13ClN2O3/c1-2-9-21-18(23)14-5-3-4-6-15(14)22-19(24)17-11-12-10-13(20)7-8-16(12)25-17/h1,3-8,10-11H,9H2,(H,21,23)(H,22,24). The predicted molar refractivity (Wildman–Crippen MR) is 96.8 cm³/mol. The first-order chi connectivity index (χ1) is 12.1. The Bertz CT molecular complexity index is 1000. The van der Waals surface area contributed by atoms with Crippen molar-refractivity contribution in [2.75, 3.05) is 11.9 Å². The van der Waals surface area contributed by atoms with Crippen molar-refractivity contribution < 1.29 is 14.0 Å². The summed E-state index contributed by atoms with van der Waals surface area (Å²) in [4.78, 5) is 24.6. The van der Waals surface area contributed by atoms with Crippen molar-refractivity contribution >= 4 is 40.1 Å². The zero-order chi connectivity index (χ0) is 17.8. The third-order valence-electron chi connectivity index (χ3n) is 3.47. The van der Waals surface area contributed by atoms with E-state index >= 15 is 0 Å². The van der Waals surface area contributed by atoms with Crippen LogP contribution in [0.4, 0.5) is 5.69 Å². The Morgan fingerprint density at radius 3 is 2.72 bits per heavy atom. The van der Waals surface area contributed by atoms with E-state index in [-0.39, 0.29) is 18.2 Å². The molecule has 0 bridgehead atoms. The number of benzene rings is 2. The highest BCUT2D eigenvalue weighted by Crippen LogP contribution is 2.24. The van der Waals surface area contributed by atoms with Crippen LogP contribution < -0.4 is 10.6 Å². The number of amides is 2. The number of para-hydroxylation sites is 1. The largest absolute Gasteiger partial charge is 0.451 e. The molecule has 1 aromatic heterocycles. The Morgan fingerprint density at radius 2 is 1.92 bits per heavy atom. The zero-order valence-electron chi connectivity index (χ0n) is 13.0. The molecule has 0 radical (unpaired) electrons. The number of rotatable bonds is 4. The summed E-state index contributed by atoms with van der Waals surface area (Å²) >= 11 is 5.93. The zero-order valence-corrected chi connectivity index (χ0v) is 13.8.